The first-order valence-corrected chi connectivity index (χ1v) is 7.51. The van der Waals surface area contributed by atoms with E-state index in [9.17, 15) is 9.59 Å². The number of Topliss-reactive ketones (excluding diaryl/α,β-unsaturated/α-hetero) is 1. The largest absolute Gasteiger partial charge is 0.462 e. The van der Waals surface area contributed by atoms with Crippen molar-refractivity contribution in [1.29, 1.82) is 0 Å². The van der Waals surface area contributed by atoms with Crippen molar-refractivity contribution in [1.82, 2.24) is 0 Å². The Hall–Kier alpha value is -1.29. The van der Waals surface area contributed by atoms with Crippen LogP contribution in [-0.4, -0.2) is 23.6 Å². The van der Waals surface area contributed by atoms with Crippen LogP contribution in [0.4, 0.5) is 0 Å². The Bertz CT molecular complexity index is 461. The lowest BCUT2D eigenvalue weighted by Crippen LogP contribution is -2.13. The number of ketones is 1. The number of rotatable bonds is 6. The fourth-order valence-corrected chi connectivity index (χ4v) is 2.42. The standard InChI is InChI=1S/C15H18O3S/c1-10(2)18-14(16)9-19-13-7-5-12(6-8-13)15(17)11-3-4-11/h5-8,10-11H,3-4,9H2,1-2H3. The third kappa shape index (κ3) is 4.39. The van der Waals surface area contributed by atoms with Crippen molar-refractivity contribution >= 4 is 23.5 Å². The highest BCUT2D eigenvalue weighted by Gasteiger charge is 2.30. The van der Waals surface area contributed by atoms with Gasteiger partial charge in [0.2, 0.25) is 0 Å². The van der Waals surface area contributed by atoms with E-state index < -0.39 is 0 Å². The van der Waals surface area contributed by atoms with Gasteiger partial charge in [0.1, 0.15) is 0 Å². The van der Waals surface area contributed by atoms with Gasteiger partial charge in [-0.25, -0.2) is 0 Å². The summed E-state index contributed by atoms with van der Waals surface area (Å²) < 4.78 is 5.06. The molecule has 0 aromatic heterocycles. The van der Waals surface area contributed by atoms with Crippen molar-refractivity contribution in [3.8, 4) is 0 Å². The second-order valence-electron chi connectivity index (χ2n) is 4.99. The van der Waals surface area contributed by atoms with Crippen LogP contribution in [0.15, 0.2) is 29.2 Å². The molecular weight excluding hydrogens is 260 g/mol. The van der Waals surface area contributed by atoms with Crippen molar-refractivity contribution in [3.63, 3.8) is 0 Å². The molecule has 1 aromatic rings. The van der Waals surface area contributed by atoms with Crippen molar-refractivity contribution in [2.45, 2.75) is 37.7 Å². The Morgan fingerprint density at radius 3 is 2.42 bits per heavy atom. The van der Waals surface area contributed by atoms with Crippen LogP contribution in [0.25, 0.3) is 0 Å². The average Bonchev–Trinajstić information content (AvgIpc) is 3.19. The Morgan fingerprint density at radius 2 is 1.89 bits per heavy atom. The third-order valence-corrected chi connectivity index (χ3v) is 3.80. The Morgan fingerprint density at radius 1 is 1.26 bits per heavy atom. The van der Waals surface area contributed by atoms with Crippen molar-refractivity contribution in [2.75, 3.05) is 5.75 Å². The zero-order valence-corrected chi connectivity index (χ0v) is 12.0. The molecule has 0 heterocycles. The molecular formula is C15H18O3S. The lowest BCUT2D eigenvalue weighted by Gasteiger charge is -2.07. The highest BCUT2D eigenvalue weighted by atomic mass is 32.2. The van der Waals surface area contributed by atoms with Crippen LogP contribution in [-0.2, 0) is 9.53 Å². The van der Waals surface area contributed by atoms with Gasteiger partial charge in [0.15, 0.2) is 5.78 Å². The van der Waals surface area contributed by atoms with Crippen molar-refractivity contribution < 1.29 is 14.3 Å². The summed E-state index contributed by atoms with van der Waals surface area (Å²) >= 11 is 1.43. The molecule has 0 atom stereocenters. The van der Waals surface area contributed by atoms with Gasteiger partial charge in [-0.15, -0.1) is 11.8 Å². The summed E-state index contributed by atoms with van der Waals surface area (Å²) in [7, 11) is 0. The zero-order chi connectivity index (χ0) is 13.8. The van der Waals surface area contributed by atoms with Crippen LogP contribution in [0.2, 0.25) is 0 Å². The number of hydrogen-bond donors (Lipinski definition) is 0. The number of carbonyl (C=O) groups excluding carboxylic acids is 2. The predicted molar refractivity (Wildman–Crippen MR) is 75.4 cm³/mol. The first-order valence-electron chi connectivity index (χ1n) is 6.53. The van der Waals surface area contributed by atoms with Gasteiger partial charge in [-0.05, 0) is 38.8 Å². The van der Waals surface area contributed by atoms with E-state index >= 15 is 0 Å². The molecule has 19 heavy (non-hydrogen) atoms. The van der Waals surface area contributed by atoms with Gasteiger partial charge in [0.25, 0.3) is 0 Å². The van der Waals surface area contributed by atoms with E-state index in [0.717, 1.165) is 23.3 Å². The first-order chi connectivity index (χ1) is 9.06. The first kappa shape index (κ1) is 14.1. The van der Waals surface area contributed by atoms with E-state index in [1.807, 2.05) is 38.1 Å². The highest BCUT2D eigenvalue weighted by Crippen LogP contribution is 2.33. The fourth-order valence-electron chi connectivity index (χ4n) is 1.74. The van der Waals surface area contributed by atoms with Crippen molar-refractivity contribution in [3.05, 3.63) is 29.8 Å². The summed E-state index contributed by atoms with van der Waals surface area (Å²) in [5.74, 6) is 0.585. The van der Waals surface area contributed by atoms with Gasteiger partial charge in [-0.3, -0.25) is 9.59 Å². The topological polar surface area (TPSA) is 43.4 Å². The maximum atomic E-state index is 11.8. The van der Waals surface area contributed by atoms with E-state index in [1.165, 1.54) is 11.8 Å². The molecule has 0 spiro atoms. The minimum atomic E-state index is -0.210. The molecule has 0 bridgehead atoms. The SMILES string of the molecule is CC(C)OC(=O)CSc1ccc(C(=O)C2CC2)cc1. The van der Waals surface area contributed by atoms with Gasteiger partial charge in [0.05, 0.1) is 11.9 Å². The molecule has 1 aliphatic rings. The molecule has 1 saturated carbocycles. The van der Waals surface area contributed by atoms with Gasteiger partial charge in [0, 0.05) is 16.4 Å². The maximum Gasteiger partial charge on any atom is 0.316 e. The average molecular weight is 278 g/mol. The minimum absolute atomic E-state index is 0.0772. The third-order valence-electron chi connectivity index (χ3n) is 2.81. The number of thioether (sulfide) groups is 1. The van der Waals surface area contributed by atoms with Gasteiger partial charge < -0.3 is 4.74 Å². The van der Waals surface area contributed by atoms with Gasteiger partial charge >= 0.3 is 5.97 Å². The fraction of sp³-hybridized carbons (Fsp3) is 0.467. The van der Waals surface area contributed by atoms with Crippen LogP contribution < -0.4 is 0 Å². The summed E-state index contributed by atoms with van der Waals surface area (Å²) in [6.07, 6.45) is 1.97. The van der Waals surface area contributed by atoms with E-state index in [0.29, 0.717) is 5.75 Å². The van der Waals surface area contributed by atoms with Crippen LogP contribution in [0, 0.1) is 5.92 Å². The highest BCUT2D eigenvalue weighted by molar-refractivity contribution is 8.00. The summed E-state index contributed by atoms with van der Waals surface area (Å²) in [5, 5.41) is 0. The lowest BCUT2D eigenvalue weighted by atomic mass is 10.1. The lowest BCUT2D eigenvalue weighted by molar-refractivity contribution is -0.144. The van der Waals surface area contributed by atoms with E-state index in [4.69, 9.17) is 4.74 Å². The Balaban J connectivity index is 1.84. The zero-order valence-electron chi connectivity index (χ0n) is 11.2. The summed E-state index contributed by atoms with van der Waals surface area (Å²) in [4.78, 5) is 24.2. The molecule has 0 N–H and O–H groups in total. The molecule has 0 amide bonds. The number of ether oxygens (including phenoxy) is 1. The number of carbonyl (C=O) groups is 2. The van der Waals surface area contributed by atoms with Crippen LogP contribution in [0.3, 0.4) is 0 Å². The molecule has 1 aromatic carbocycles. The molecule has 3 nitrogen and oxygen atoms in total. The monoisotopic (exact) mass is 278 g/mol. The minimum Gasteiger partial charge on any atom is -0.462 e. The number of hydrogen-bond acceptors (Lipinski definition) is 4. The molecule has 1 aliphatic carbocycles. The van der Waals surface area contributed by atoms with E-state index in [2.05, 4.69) is 0 Å². The predicted octanol–water partition coefficient (Wildman–Crippen LogP) is 3.32. The van der Waals surface area contributed by atoms with Gasteiger partial charge in [-0.2, -0.15) is 0 Å². The summed E-state index contributed by atoms with van der Waals surface area (Å²) in [6.45, 7) is 3.67. The van der Waals surface area contributed by atoms with E-state index in [-0.39, 0.29) is 23.8 Å². The Labute approximate surface area is 117 Å². The number of esters is 1. The van der Waals surface area contributed by atoms with Crippen LogP contribution >= 0.6 is 11.8 Å². The summed E-state index contributed by atoms with van der Waals surface area (Å²) in [6, 6.07) is 7.47. The molecule has 102 valence electrons. The molecule has 1 fully saturated rings. The summed E-state index contributed by atoms with van der Waals surface area (Å²) in [5.41, 5.74) is 0.775. The number of benzene rings is 1. The molecule has 0 saturated heterocycles. The second kappa shape index (κ2) is 6.24. The molecule has 0 unspecified atom stereocenters. The Kier molecular flexibility index (Phi) is 4.64. The van der Waals surface area contributed by atoms with Crippen molar-refractivity contribution in [2.24, 2.45) is 5.92 Å². The molecule has 2 rings (SSSR count). The molecule has 0 aliphatic heterocycles. The second-order valence-corrected chi connectivity index (χ2v) is 6.04. The smallest absolute Gasteiger partial charge is 0.316 e. The molecule has 4 heteroatoms. The van der Waals surface area contributed by atoms with E-state index in [1.54, 1.807) is 0 Å². The molecule has 0 radical (unpaired) electrons. The van der Waals surface area contributed by atoms with Crippen LogP contribution in [0.5, 0.6) is 0 Å². The van der Waals surface area contributed by atoms with Gasteiger partial charge in [-0.1, -0.05) is 12.1 Å². The maximum absolute atomic E-state index is 11.8. The quantitative estimate of drug-likeness (QED) is 0.455. The van der Waals surface area contributed by atoms with Crippen LogP contribution in [0.1, 0.15) is 37.0 Å². The normalized spacial score (nSPS) is 14.5.